The third kappa shape index (κ3) is 3.22. The molecule has 3 rings (SSSR count). The lowest BCUT2D eigenvalue weighted by Gasteiger charge is -2.38. The predicted octanol–water partition coefficient (Wildman–Crippen LogP) is 0.557. The van der Waals surface area contributed by atoms with Crippen molar-refractivity contribution in [1.82, 2.24) is 0 Å². The van der Waals surface area contributed by atoms with Crippen molar-refractivity contribution < 1.29 is 34.7 Å². The molecule has 1 fully saturated rings. The van der Waals surface area contributed by atoms with Crippen molar-refractivity contribution in [2.45, 2.75) is 64.8 Å². The lowest BCUT2D eigenvalue weighted by atomic mass is 9.86. The van der Waals surface area contributed by atoms with Gasteiger partial charge in [-0.05, 0) is 56.4 Å². The van der Waals surface area contributed by atoms with Gasteiger partial charge in [-0.3, -0.25) is 4.79 Å². The summed E-state index contributed by atoms with van der Waals surface area (Å²) >= 11 is 0. The van der Waals surface area contributed by atoms with Gasteiger partial charge in [0.25, 0.3) is 0 Å². The molecular formula is C20H28O7. The van der Waals surface area contributed by atoms with Crippen LogP contribution in [0.5, 0.6) is 0 Å². The highest BCUT2D eigenvalue weighted by atomic mass is 16.7. The van der Waals surface area contributed by atoms with Crippen molar-refractivity contribution in [1.29, 1.82) is 0 Å². The van der Waals surface area contributed by atoms with E-state index in [0.29, 0.717) is 12.0 Å². The molecule has 7 heteroatoms. The lowest BCUT2D eigenvalue weighted by molar-refractivity contribution is -0.290. The first-order chi connectivity index (χ1) is 12.6. The molecule has 1 aliphatic carbocycles. The van der Waals surface area contributed by atoms with E-state index in [0.717, 1.165) is 22.3 Å². The van der Waals surface area contributed by atoms with E-state index in [1.165, 1.54) is 0 Å². The maximum atomic E-state index is 13.1. The fraction of sp³-hybridized carbons (Fsp3) is 0.650. The summed E-state index contributed by atoms with van der Waals surface area (Å²) in [4.78, 5) is 13.1. The van der Waals surface area contributed by atoms with Crippen LogP contribution < -0.4 is 0 Å². The van der Waals surface area contributed by atoms with Crippen LogP contribution in [0, 0.1) is 19.3 Å². The first-order valence-electron chi connectivity index (χ1n) is 9.21. The molecule has 1 saturated heterocycles. The molecule has 27 heavy (non-hydrogen) atoms. The minimum absolute atomic E-state index is 0.000298. The lowest BCUT2D eigenvalue weighted by Crippen LogP contribution is -2.54. The Hall–Kier alpha value is -1.35. The minimum Gasteiger partial charge on any atom is -0.396 e. The molecule has 1 heterocycles. The molecule has 0 saturated carbocycles. The quantitative estimate of drug-likeness (QED) is 0.603. The molecule has 0 aromatic heterocycles. The van der Waals surface area contributed by atoms with Gasteiger partial charge in [0.1, 0.15) is 18.3 Å². The highest BCUT2D eigenvalue weighted by Gasteiger charge is 2.51. The fourth-order valence-corrected chi connectivity index (χ4v) is 4.17. The second-order valence-corrected chi connectivity index (χ2v) is 8.05. The number of hydrogen-bond donors (Lipinski definition) is 4. The molecule has 4 N–H and O–H groups in total. The summed E-state index contributed by atoms with van der Waals surface area (Å²) in [7, 11) is 0. The van der Waals surface area contributed by atoms with E-state index in [9.17, 15) is 25.2 Å². The fourth-order valence-electron chi connectivity index (χ4n) is 4.17. The Bertz CT molecular complexity index is 742. The number of hydrogen-bond acceptors (Lipinski definition) is 7. The number of aliphatic hydroxyl groups is 4. The van der Waals surface area contributed by atoms with Crippen molar-refractivity contribution in [2.75, 3.05) is 13.2 Å². The standard InChI is InChI=1S/C20H28O7/c1-9-7-12-14(10(2)11(9)5-6-21)17(25)20(3,4)18(12)27-19-16(24)15(23)13(22)8-26-19/h7,13,15-16,18-19,21-24H,5-6,8H2,1-4H3. The zero-order valence-corrected chi connectivity index (χ0v) is 16.1. The number of carbonyl (C=O) groups is 1. The molecule has 1 aliphatic heterocycles. The number of Topliss-reactive ketones (excluding diaryl/α,β-unsaturated/α-hetero) is 1. The van der Waals surface area contributed by atoms with Crippen LogP contribution in [0.3, 0.4) is 0 Å². The molecule has 2 aliphatic rings. The van der Waals surface area contributed by atoms with E-state index >= 15 is 0 Å². The van der Waals surface area contributed by atoms with Crippen LogP contribution in [0.2, 0.25) is 0 Å². The first-order valence-corrected chi connectivity index (χ1v) is 9.21. The number of aryl methyl sites for hydroxylation is 1. The largest absolute Gasteiger partial charge is 0.396 e. The van der Waals surface area contributed by atoms with Crippen molar-refractivity contribution in [3.05, 3.63) is 33.9 Å². The average Bonchev–Trinajstić information content (AvgIpc) is 2.79. The third-order valence-electron chi connectivity index (χ3n) is 5.80. The normalized spacial score (nSPS) is 32.6. The summed E-state index contributed by atoms with van der Waals surface area (Å²) in [6, 6.07) is 1.89. The van der Waals surface area contributed by atoms with E-state index < -0.39 is 36.1 Å². The van der Waals surface area contributed by atoms with E-state index in [2.05, 4.69) is 0 Å². The van der Waals surface area contributed by atoms with Crippen LogP contribution in [-0.2, 0) is 15.9 Å². The number of fused-ring (bicyclic) bond motifs is 1. The second kappa shape index (κ2) is 7.24. The average molecular weight is 380 g/mol. The molecule has 5 unspecified atom stereocenters. The Labute approximate surface area is 158 Å². The number of ketones is 1. The van der Waals surface area contributed by atoms with Crippen molar-refractivity contribution in [3.63, 3.8) is 0 Å². The summed E-state index contributed by atoms with van der Waals surface area (Å²) < 4.78 is 11.4. The zero-order chi connectivity index (χ0) is 20.1. The third-order valence-corrected chi connectivity index (χ3v) is 5.80. The van der Waals surface area contributed by atoms with Gasteiger partial charge in [0.05, 0.1) is 18.1 Å². The van der Waals surface area contributed by atoms with Gasteiger partial charge in [0, 0.05) is 12.2 Å². The van der Waals surface area contributed by atoms with E-state index in [4.69, 9.17) is 9.47 Å². The number of rotatable bonds is 4. The van der Waals surface area contributed by atoms with Gasteiger partial charge in [-0.2, -0.15) is 0 Å². The maximum absolute atomic E-state index is 13.1. The van der Waals surface area contributed by atoms with Crippen LogP contribution >= 0.6 is 0 Å². The topological polar surface area (TPSA) is 116 Å². The Morgan fingerprint density at radius 2 is 1.89 bits per heavy atom. The Morgan fingerprint density at radius 3 is 2.52 bits per heavy atom. The van der Waals surface area contributed by atoms with Gasteiger partial charge in [0.2, 0.25) is 0 Å². The number of carbonyl (C=O) groups excluding carboxylic acids is 1. The number of aliphatic hydroxyl groups excluding tert-OH is 4. The summed E-state index contributed by atoms with van der Waals surface area (Å²) in [5.74, 6) is -0.0647. The van der Waals surface area contributed by atoms with Gasteiger partial charge in [-0.15, -0.1) is 0 Å². The highest BCUT2D eigenvalue weighted by Crippen LogP contribution is 2.50. The van der Waals surface area contributed by atoms with Crippen molar-refractivity contribution in [2.24, 2.45) is 5.41 Å². The highest BCUT2D eigenvalue weighted by molar-refractivity contribution is 6.06. The number of benzene rings is 1. The second-order valence-electron chi connectivity index (χ2n) is 8.05. The van der Waals surface area contributed by atoms with E-state index in [1.54, 1.807) is 13.8 Å². The van der Waals surface area contributed by atoms with E-state index in [1.807, 2.05) is 19.9 Å². The maximum Gasteiger partial charge on any atom is 0.186 e. The number of ether oxygens (including phenoxy) is 2. The zero-order valence-electron chi connectivity index (χ0n) is 16.1. The molecule has 0 spiro atoms. The van der Waals surface area contributed by atoms with Gasteiger partial charge in [-0.25, -0.2) is 0 Å². The molecule has 5 atom stereocenters. The van der Waals surface area contributed by atoms with Gasteiger partial charge < -0.3 is 29.9 Å². The van der Waals surface area contributed by atoms with Crippen LogP contribution in [0.1, 0.15) is 52.6 Å². The van der Waals surface area contributed by atoms with Crippen molar-refractivity contribution >= 4 is 5.78 Å². The Kier molecular flexibility index (Phi) is 5.46. The Balaban J connectivity index is 2.00. The SMILES string of the molecule is Cc1cc2c(c(C)c1CCO)C(=O)C(C)(C)C2OC1OCC(O)C(O)C1O. The molecule has 1 aromatic rings. The van der Waals surface area contributed by atoms with Gasteiger partial charge >= 0.3 is 0 Å². The van der Waals surface area contributed by atoms with Crippen LogP contribution in [0.25, 0.3) is 0 Å². The molecular weight excluding hydrogens is 352 g/mol. The predicted molar refractivity (Wildman–Crippen MR) is 96.4 cm³/mol. The van der Waals surface area contributed by atoms with Gasteiger partial charge in [0.15, 0.2) is 12.1 Å². The van der Waals surface area contributed by atoms with Crippen LogP contribution in [0.4, 0.5) is 0 Å². The smallest absolute Gasteiger partial charge is 0.186 e. The minimum atomic E-state index is -1.42. The molecule has 1 aromatic carbocycles. The summed E-state index contributed by atoms with van der Waals surface area (Å²) in [6.07, 6.45) is -5.32. The monoisotopic (exact) mass is 380 g/mol. The Morgan fingerprint density at radius 1 is 1.22 bits per heavy atom. The molecule has 0 radical (unpaired) electrons. The summed E-state index contributed by atoms with van der Waals surface area (Å²) in [6.45, 7) is 7.20. The summed E-state index contributed by atoms with van der Waals surface area (Å²) in [5.41, 5.74) is 3.17. The van der Waals surface area contributed by atoms with Gasteiger partial charge in [-0.1, -0.05) is 6.07 Å². The van der Waals surface area contributed by atoms with Crippen LogP contribution in [-0.4, -0.2) is 64.0 Å². The molecule has 150 valence electrons. The first kappa shape index (κ1) is 20.4. The van der Waals surface area contributed by atoms with Crippen molar-refractivity contribution in [3.8, 4) is 0 Å². The van der Waals surface area contributed by atoms with Crippen LogP contribution in [0.15, 0.2) is 6.07 Å². The molecule has 7 nitrogen and oxygen atoms in total. The molecule has 0 amide bonds. The molecule has 0 bridgehead atoms. The van der Waals surface area contributed by atoms with E-state index in [-0.39, 0.29) is 19.0 Å². The summed E-state index contributed by atoms with van der Waals surface area (Å²) in [5, 5.41) is 39.1.